The molecule has 5 nitrogen and oxygen atoms in total. The summed E-state index contributed by atoms with van der Waals surface area (Å²) in [6, 6.07) is 4.67. The lowest BCUT2D eigenvalue weighted by atomic mass is 10.0. The first-order chi connectivity index (χ1) is 8.94. The van der Waals surface area contributed by atoms with E-state index >= 15 is 0 Å². The van der Waals surface area contributed by atoms with Crippen molar-refractivity contribution in [2.75, 3.05) is 24.6 Å². The Morgan fingerprint density at radius 2 is 2.26 bits per heavy atom. The third kappa shape index (κ3) is 2.78. The third-order valence-corrected chi connectivity index (χ3v) is 3.12. The molecule has 19 heavy (non-hydrogen) atoms. The summed E-state index contributed by atoms with van der Waals surface area (Å²) in [7, 11) is 0. The summed E-state index contributed by atoms with van der Waals surface area (Å²) in [5.41, 5.74) is 6.00. The van der Waals surface area contributed by atoms with Gasteiger partial charge in [-0.1, -0.05) is 11.2 Å². The number of amidine groups is 1. The van der Waals surface area contributed by atoms with Crippen molar-refractivity contribution in [2.45, 2.75) is 19.4 Å². The van der Waals surface area contributed by atoms with Gasteiger partial charge < -0.3 is 20.6 Å². The summed E-state index contributed by atoms with van der Waals surface area (Å²) < 4.78 is 19.5. The van der Waals surface area contributed by atoms with Crippen LogP contribution in [0.5, 0.6) is 0 Å². The third-order valence-electron chi connectivity index (χ3n) is 3.12. The van der Waals surface area contributed by atoms with Gasteiger partial charge in [0.05, 0.1) is 23.5 Å². The van der Waals surface area contributed by atoms with Crippen LogP contribution >= 0.6 is 0 Å². The second-order valence-electron chi connectivity index (χ2n) is 5.15. The Hall–Kier alpha value is -1.82. The molecule has 1 aromatic carbocycles. The van der Waals surface area contributed by atoms with Gasteiger partial charge in [0, 0.05) is 13.1 Å². The van der Waals surface area contributed by atoms with Gasteiger partial charge in [0.2, 0.25) is 0 Å². The number of ether oxygens (including phenoxy) is 1. The van der Waals surface area contributed by atoms with Crippen LogP contribution in [-0.4, -0.2) is 36.3 Å². The zero-order chi connectivity index (χ0) is 14.0. The largest absolute Gasteiger partial charge is 0.409 e. The van der Waals surface area contributed by atoms with Crippen LogP contribution in [0.25, 0.3) is 0 Å². The molecule has 1 heterocycles. The summed E-state index contributed by atoms with van der Waals surface area (Å²) in [5, 5.41) is 11.7. The van der Waals surface area contributed by atoms with Crippen LogP contribution in [0.2, 0.25) is 0 Å². The Bertz CT molecular complexity index is 503. The Morgan fingerprint density at radius 1 is 1.53 bits per heavy atom. The van der Waals surface area contributed by atoms with Gasteiger partial charge in [-0.15, -0.1) is 0 Å². The molecule has 0 aliphatic carbocycles. The Morgan fingerprint density at radius 3 is 2.89 bits per heavy atom. The minimum absolute atomic E-state index is 0.128. The van der Waals surface area contributed by atoms with Crippen molar-refractivity contribution in [1.29, 1.82) is 0 Å². The minimum atomic E-state index is -0.503. The second kappa shape index (κ2) is 5.05. The molecule has 2 rings (SSSR count). The van der Waals surface area contributed by atoms with E-state index in [0.717, 1.165) is 0 Å². The van der Waals surface area contributed by atoms with E-state index in [1.807, 2.05) is 18.7 Å². The molecular formula is C13H18FN3O2. The highest BCUT2D eigenvalue weighted by Crippen LogP contribution is 2.27. The molecule has 0 saturated carbocycles. The maximum absolute atomic E-state index is 13.9. The lowest BCUT2D eigenvalue weighted by molar-refractivity contribution is -0.0277. The second-order valence-corrected chi connectivity index (χ2v) is 5.15. The predicted molar refractivity (Wildman–Crippen MR) is 71.2 cm³/mol. The van der Waals surface area contributed by atoms with Gasteiger partial charge in [-0.25, -0.2) is 4.39 Å². The van der Waals surface area contributed by atoms with Gasteiger partial charge >= 0.3 is 0 Å². The molecule has 0 unspecified atom stereocenters. The highest BCUT2D eigenvalue weighted by molar-refractivity contribution is 6.02. The molecule has 0 radical (unpaired) electrons. The molecule has 0 atom stereocenters. The molecule has 1 fully saturated rings. The monoisotopic (exact) mass is 267 g/mol. The molecule has 3 N–H and O–H groups in total. The molecule has 1 aliphatic rings. The molecule has 1 aliphatic heterocycles. The van der Waals surface area contributed by atoms with E-state index in [2.05, 4.69) is 5.16 Å². The molecule has 6 heteroatoms. The van der Waals surface area contributed by atoms with Crippen molar-refractivity contribution in [3.05, 3.63) is 29.6 Å². The SMILES string of the molecule is CC1(C)CN(c2cccc(F)c2C(N)=NO)CCO1. The lowest BCUT2D eigenvalue weighted by Gasteiger charge is -2.40. The van der Waals surface area contributed by atoms with Crippen molar-refractivity contribution in [2.24, 2.45) is 10.9 Å². The van der Waals surface area contributed by atoms with Gasteiger partial charge in [0.25, 0.3) is 0 Å². The fourth-order valence-electron chi connectivity index (χ4n) is 2.30. The number of morpholine rings is 1. The fourth-order valence-corrected chi connectivity index (χ4v) is 2.30. The van der Waals surface area contributed by atoms with E-state index in [-0.39, 0.29) is 17.0 Å². The Labute approximate surface area is 111 Å². The first-order valence-corrected chi connectivity index (χ1v) is 6.10. The maximum atomic E-state index is 13.9. The van der Waals surface area contributed by atoms with E-state index in [1.54, 1.807) is 12.1 Å². The fraction of sp³-hybridized carbons (Fsp3) is 0.462. The zero-order valence-electron chi connectivity index (χ0n) is 11.1. The summed E-state index contributed by atoms with van der Waals surface area (Å²) in [6.45, 7) is 5.75. The van der Waals surface area contributed by atoms with Crippen LogP contribution < -0.4 is 10.6 Å². The maximum Gasteiger partial charge on any atom is 0.175 e. The molecule has 1 saturated heterocycles. The van der Waals surface area contributed by atoms with Crippen LogP contribution in [0.3, 0.4) is 0 Å². The van der Waals surface area contributed by atoms with Crippen molar-refractivity contribution in [1.82, 2.24) is 0 Å². The first kappa shape index (κ1) is 13.6. The topological polar surface area (TPSA) is 71.1 Å². The van der Waals surface area contributed by atoms with Gasteiger partial charge in [0.1, 0.15) is 5.82 Å². The average molecular weight is 267 g/mol. The summed E-state index contributed by atoms with van der Waals surface area (Å²) in [4.78, 5) is 1.99. The molecule has 0 amide bonds. The molecule has 104 valence electrons. The summed E-state index contributed by atoms with van der Waals surface area (Å²) in [5.74, 6) is -0.727. The first-order valence-electron chi connectivity index (χ1n) is 6.10. The van der Waals surface area contributed by atoms with E-state index in [1.165, 1.54) is 6.07 Å². The molecule has 0 spiro atoms. The van der Waals surface area contributed by atoms with E-state index in [0.29, 0.717) is 25.4 Å². The quantitative estimate of drug-likeness (QED) is 0.369. The van der Waals surface area contributed by atoms with Gasteiger partial charge in [-0.2, -0.15) is 0 Å². The highest BCUT2D eigenvalue weighted by Gasteiger charge is 2.29. The van der Waals surface area contributed by atoms with Crippen LogP contribution in [0, 0.1) is 5.82 Å². The summed E-state index contributed by atoms with van der Waals surface area (Å²) >= 11 is 0. The van der Waals surface area contributed by atoms with Gasteiger partial charge in [-0.3, -0.25) is 0 Å². The average Bonchev–Trinajstić information content (AvgIpc) is 2.36. The number of oxime groups is 1. The molecule has 1 aromatic rings. The Balaban J connectivity index is 2.42. The lowest BCUT2D eigenvalue weighted by Crippen LogP contribution is -2.49. The van der Waals surface area contributed by atoms with Crippen molar-refractivity contribution < 1.29 is 14.3 Å². The van der Waals surface area contributed by atoms with Crippen LogP contribution in [0.4, 0.5) is 10.1 Å². The number of anilines is 1. The molecule has 0 aromatic heterocycles. The van der Waals surface area contributed by atoms with Crippen molar-refractivity contribution in [3.8, 4) is 0 Å². The summed E-state index contributed by atoms with van der Waals surface area (Å²) in [6.07, 6.45) is 0. The molecule has 0 bridgehead atoms. The van der Waals surface area contributed by atoms with Crippen LogP contribution in [-0.2, 0) is 4.74 Å². The number of hydrogen-bond donors (Lipinski definition) is 2. The highest BCUT2D eigenvalue weighted by atomic mass is 19.1. The molecular weight excluding hydrogens is 249 g/mol. The number of halogens is 1. The minimum Gasteiger partial charge on any atom is -0.409 e. The van der Waals surface area contributed by atoms with Gasteiger partial charge in [-0.05, 0) is 26.0 Å². The number of hydrogen-bond acceptors (Lipinski definition) is 4. The smallest absolute Gasteiger partial charge is 0.175 e. The van der Waals surface area contributed by atoms with E-state index in [9.17, 15) is 4.39 Å². The number of rotatable bonds is 2. The van der Waals surface area contributed by atoms with Crippen LogP contribution in [0.15, 0.2) is 23.4 Å². The normalized spacial score (nSPS) is 19.5. The zero-order valence-corrected chi connectivity index (χ0v) is 11.1. The van der Waals surface area contributed by atoms with E-state index < -0.39 is 5.82 Å². The predicted octanol–water partition coefficient (Wildman–Crippen LogP) is 1.54. The van der Waals surface area contributed by atoms with Crippen molar-refractivity contribution >= 4 is 11.5 Å². The van der Waals surface area contributed by atoms with Gasteiger partial charge in [0.15, 0.2) is 5.84 Å². The standard InChI is InChI=1S/C13H18FN3O2/c1-13(2)8-17(6-7-19-13)10-5-3-4-9(14)11(10)12(15)16-18/h3-5,18H,6-8H2,1-2H3,(H2,15,16). The number of nitrogens with zero attached hydrogens (tertiary/aromatic N) is 2. The number of benzene rings is 1. The Kier molecular flexibility index (Phi) is 3.61. The van der Waals surface area contributed by atoms with Crippen LogP contribution in [0.1, 0.15) is 19.4 Å². The van der Waals surface area contributed by atoms with E-state index in [4.69, 9.17) is 15.7 Å². The van der Waals surface area contributed by atoms with Crippen molar-refractivity contribution in [3.63, 3.8) is 0 Å². The number of nitrogens with two attached hydrogens (primary N) is 1.